The van der Waals surface area contributed by atoms with Crippen LogP contribution in [0.4, 0.5) is 21.9 Å². The van der Waals surface area contributed by atoms with Gasteiger partial charge in [0.2, 0.25) is 11.8 Å². The molecule has 0 radical (unpaired) electrons. The Hall–Kier alpha value is -3.95. The van der Waals surface area contributed by atoms with Crippen molar-refractivity contribution in [1.82, 2.24) is 0 Å². The molecule has 1 heterocycles. The molecule has 38 heavy (non-hydrogen) atoms. The molecule has 0 saturated heterocycles. The molecule has 0 fully saturated rings. The van der Waals surface area contributed by atoms with Crippen molar-refractivity contribution >= 4 is 58.4 Å². The van der Waals surface area contributed by atoms with E-state index in [9.17, 15) is 14.4 Å². The highest BCUT2D eigenvalue weighted by molar-refractivity contribution is 8.00. The van der Waals surface area contributed by atoms with Crippen LogP contribution in [0.3, 0.4) is 0 Å². The number of carbonyl (C=O) groups excluding carboxylic acids is 3. The van der Waals surface area contributed by atoms with Crippen LogP contribution in [0.5, 0.6) is 0 Å². The van der Waals surface area contributed by atoms with Gasteiger partial charge in [-0.25, -0.2) is 4.79 Å². The standard InChI is InChI=1S/C29H26N4O3S2/c1-18(28(35)31-20-15-13-19(14-16-20)27(30)34)37-22-8-6-7-21(17-22)32-29(36)33-23-9-2-4-11-25(23)38-26-12-5-3-10-24(26)33/h2-18,23,25H,1H3,(H2,30,34)(H,31,35)(H,32,36). The van der Waals surface area contributed by atoms with E-state index in [1.165, 1.54) is 11.8 Å². The molecule has 4 amide bonds. The summed E-state index contributed by atoms with van der Waals surface area (Å²) in [5.74, 6) is -0.698. The molecular weight excluding hydrogens is 516 g/mol. The number of para-hydroxylation sites is 1. The summed E-state index contributed by atoms with van der Waals surface area (Å²) in [5.41, 5.74) is 7.76. The van der Waals surface area contributed by atoms with E-state index >= 15 is 0 Å². The number of urea groups is 1. The van der Waals surface area contributed by atoms with Crippen LogP contribution >= 0.6 is 23.5 Å². The first kappa shape index (κ1) is 25.7. The third-order valence-electron chi connectivity index (χ3n) is 6.17. The number of hydrogen-bond acceptors (Lipinski definition) is 5. The maximum absolute atomic E-state index is 13.5. The fourth-order valence-electron chi connectivity index (χ4n) is 4.28. The Bertz CT molecular complexity index is 1440. The third-order valence-corrected chi connectivity index (χ3v) is 8.57. The van der Waals surface area contributed by atoms with Crippen molar-refractivity contribution in [3.05, 3.63) is 103 Å². The predicted molar refractivity (Wildman–Crippen MR) is 155 cm³/mol. The van der Waals surface area contributed by atoms with Crippen LogP contribution in [-0.2, 0) is 4.79 Å². The molecule has 2 aliphatic rings. The lowest BCUT2D eigenvalue weighted by Gasteiger charge is -2.40. The summed E-state index contributed by atoms with van der Waals surface area (Å²) in [6.07, 6.45) is 8.18. The number of allylic oxidation sites excluding steroid dienone is 2. The van der Waals surface area contributed by atoms with E-state index in [0.717, 1.165) is 15.5 Å². The molecule has 4 N–H and O–H groups in total. The Morgan fingerprint density at radius 2 is 1.68 bits per heavy atom. The Labute approximate surface area is 229 Å². The molecule has 7 nitrogen and oxygen atoms in total. The number of anilines is 3. The normalized spacial score (nSPS) is 18.2. The van der Waals surface area contributed by atoms with E-state index in [1.54, 1.807) is 36.0 Å². The highest BCUT2D eigenvalue weighted by atomic mass is 32.2. The quantitative estimate of drug-likeness (QED) is 0.336. The molecule has 3 unspecified atom stereocenters. The molecule has 9 heteroatoms. The number of carbonyl (C=O) groups is 3. The zero-order chi connectivity index (χ0) is 26.6. The summed E-state index contributed by atoms with van der Waals surface area (Å²) in [7, 11) is 0. The summed E-state index contributed by atoms with van der Waals surface area (Å²) in [6, 6.07) is 21.5. The van der Waals surface area contributed by atoms with Crippen molar-refractivity contribution in [2.24, 2.45) is 5.73 Å². The second-order valence-corrected chi connectivity index (χ2v) is 11.5. The highest BCUT2D eigenvalue weighted by Gasteiger charge is 2.36. The second-order valence-electron chi connectivity index (χ2n) is 8.83. The van der Waals surface area contributed by atoms with Gasteiger partial charge >= 0.3 is 6.03 Å². The van der Waals surface area contributed by atoms with Crippen molar-refractivity contribution in [3.63, 3.8) is 0 Å². The first-order chi connectivity index (χ1) is 18.4. The Morgan fingerprint density at radius 1 is 0.921 bits per heavy atom. The molecular formula is C29H26N4O3S2. The lowest BCUT2D eigenvalue weighted by molar-refractivity contribution is -0.115. The fraction of sp³-hybridized carbons (Fsp3) is 0.138. The maximum Gasteiger partial charge on any atom is 0.326 e. The second kappa shape index (κ2) is 11.2. The molecule has 192 valence electrons. The van der Waals surface area contributed by atoms with Gasteiger partial charge in [0.25, 0.3) is 0 Å². The lowest BCUT2D eigenvalue weighted by Crippen LogP contribution is -2.49. The molecule has 5 rings (SSSR count). The van der Waals surface area contributed by atoms with Crippen molar-refractivity contribution in [1.29, 1.82) is 0 Å². The van der Waals surface area contributed by atoms with Gasteiger partial charge in [-0.2, -0.15) is 0 Å². The Morgan fingerprint density at radius 3 is 2.47 bits per heavy atom. The Balaban J connectivity index is 1.26. The lowest BCUT2D eigenvalue weighted by atomic mass is 10.1. The van der Waals surface area contributed by atoms with Gasteiger partial charge in [0, 0.05) is 26.7 Å². The van der Waals surface area contributed by atoms with E-state index in [0.29, 0.717) is 16.9 Å². The zero-order valence-corrected chi connectivity index (χ0v) is 22.2. The molecule has 3 aromatic rings. The SMILES string of the molecule is CC(Sc1cccc(NC(=O)N2c3ccccc3SC3C=CC=CC32)c1)C(=O)Nc1ccc(C(N)=O)cc1. The minimum Gasteiger partial charge on any atom is -0.366 e. The van der Waals surface area contributed by atoms with Crippen molar-refractivity contribution < 1.29 is 14.4 Å². The largest absolute Gasteiger partial charge is 0.366 e. The number of rotatable bonds is 6. The number of hydrogen-bond donors (Lipinski definition) is 3. The topological polar surface area (TPSA) is 105 Å². The monoisotopic (exact) mass is 542 g/mol. The van der Waals surface area contributed by atoms with Crippen molar-refractivity contribution in [2.45, 2.75) is 33.3 Å². The zero-order valence-electron chi connectivity index (χ0n) is 20.5. The van der Waals surface area contributed by atoms with Gasteiger partial charge in [0.1, 0.15) is 0 Å². The van der Waals surface area contributed by atoms with Crippen LogP contribution in [0.2, 0.25) is 0 Å². The van der Waals surface area contributed by atoms with E-state index in [1.807, 2.05) is 72.5 Å². The van der Waals surface area contributed by atoms with Crippen LogP contribution in [0.1, 0.15) is 17.3 Å². The summed E-state index contributed by atoms with van der Waals surface area (Å²) >= 11 is 3.15. The van der Waals surface area contributed by atoms with E-state index < -0.39 is 11.2 Å². The predicted octanol–water partition coefficient (Wildman–Crippen LogP) is 5.91. The van der Waals surface area contributed by atoms with Gasteiger partial charge in [-0.15, -0.1) is 23.5 Å². The molecule has 0 bridgehead atoms. The number of amides is 4. The van der Waals surface area contributed by atoms with Crippen molar-refractivity contribution in [3.8, 4) is 0 Å². The maximum atomic E-state index is 13.5. The first-order valence-corrected chi connectivity index (χ1v) is 13.8. The summed E-state index contributed by atoms with van der Waals surface area (Å²) in [5, 5.41) is 5.65. The van der Waals surface area contributed by atoms with E-state index in [2.05, 4.69) is 22.8 Å². The number of primary amides is 1. The molecule has 0 saturated carbocycles. The smallest absolute Gasteiger partial charge is 0.326 e. The Kier molecular flexibility index (Phi) is 7.57. The molecule has 1 aliphatic carbocycles. The molecule has 3 atom stereocenters. The number of nitrogens with zero attached hydrogens (tertiary/aromatic N) is 1. The number of benzene rings is 3. The van der Waals surface area contributed by atoms with Crippen LogP contribution < -0.4 is 21.3 Å². The van der Waals surface area contributed by atoms with Crippen molar-refractivity contribution in [2.75, 3.05) is 15.5 Å². The van der Waals surface area contributed by atoms with Gasteiger partial charge in [-0.05, 0) is 61.5 Å². The van der Waals surface area contributed by atoms with Crippen LogP contribution in [-0.4, -0.2) is 34.4 Å². The summed E-state index contributed by atoms with van der Waals surface area (Å²) in [6.45, 7) is 1.81. The van der Waals surface area contributed by atoms with E-state index in [-0.39, 0.29) is 23.2 Å². The molecule has 1 aliphatic heterocycles. The summed E-state index contributed by atoms with van der Waals surface area (Å²) < 4.78 is 0. The minimum absolute atomic E-state index is 0.0850. The molecule has 3 aromatic carbocycles. The summed E-state index contributed by atoms with van der Waals surface area (Å²) in [4.78, 5) is 41.3. The fourth-order valence-corrected chi connectivity index (χ4v) is 6.46. The molecule has 0 aromatic heterocycles. The number of nitrogens with one attached hydrogen (secondary N) is 2. The highest BCUT2D eigenvalue weighted by Crippen LogP contribution is 2.43. The molecule has 0 spiro atoms. The number of fused-ring (bicyclic) bond motifs is 2. The average molecular weight is 543 g/mol. The third kappa shape index (κ3) is 5.64. The minimum atomic E-state index is -0.519. The van der Waals surface area contributed by atoms with Gasteiger partial charge in [-0.3, -0.25) is 14.5 Å². The van der Waals surface area contributed by atoms with Crippen LogP contribution in [0.15, 0.2) is 107 Å². The van der Waals surface area contributed by atoms with E-state index in [4.69, 9.17) is 5.73 Å². The number of thioether (sulfide) groups is 2. The van der Waals surface area contributed by atoms with Gasteiger partial charge in [-0.1, -0.05) is 42.5 Å². The van der Waals surface area contributed by atoms with Gasteiger partial charge in [0.05, 0.1) is 22.2 Å². The average Bonchev–Trinajstić information content (AvgIpc) is 2.92. The van der Waals surface area contributed by atoms with Gasteiger partial charge < -0.3 is 16.4 Å². The van der Waals surface area contributed by atoms with Crippen LogP contribution in [0, 0.1) is 0 Å². The number of nitrogens with two attached hydrogens (primary N) is 1. The van der Waals surface area contributed by atoms with Gasteiger partial charge in [0.15, 0.2) is 0 Å². The van der Waals surface area contributed by atoms with Crippen LogP contribution in [0.25, 0.3) is 0 Å². The first-order valence-electron chi connectivity index (χ1n) is 12.1.